The van der Waals surface area contributed by atoms with Crippen LogP contribution in [-0.4, -0.2) is 4.92 Å². The molecule has 0 heterocycles. The number of nitrogens with zero attached hydrogens (tertiary/aromatic N) is 1. The molecule has 2 rings (SSSR count). The van der Waals surface area contributed by atoms with Crippen LogP contribution in [0.1, 0.15) is 0 Å². The molecule has 0 saturated heterocycles. The Bertz CT molecular complexity index is 647. The second kappa shape index (κ2) is 6.32. The molecule has 6 nitrogen and oxygen atoms in total. The first-order valence-electron chi connectivity index (χ1n) is 5.38. The smallest absolute Gasteiger partial charge is 0.258 e. The Morgan fingerprint density at radius 2 is 1.70 bits per heavy atom. The van der Waals surface area contributed by atoms with Crippen LogP contribution in [-0.2, 0) is 4.57 Å². The molecule has 0 amide bonds. The highest BCUT2D eigenvalue weighted by atomic mass is 35.5. The largest absolute Gasteiger partial charge is 0.805 e. The third-order valence-electron chi connectivity index (χ3n) is 2.24. The first-order chi connectivity index (χ1) is 9.56. The highest BCUT2D eigenvalue weighted by molar-refractivity contribution is 7.34. The van der Waals surface area contributed by atoms with Crippen LogP contribution in [0.5, 0.6) is 11.5 Å². The lowest BCUT2D eigenvalue weighted by Gasteiger charge is -1.96. The van der Waals surface area contributed by atoms with E-state index < -0.39 is 13.2 Å². The van der Waals surface area contributed by atoms with Gasteiger partial charge in [-0.1, -0.05) is 23.7 Å². The molecule has 0 saturated carbocycles. The van der Waals surface area contributed by atoms with Crippen molar-refractivity contribution in [2.45, 2.75) is 0 Å². The first-order valence-corrected chi connectivity index (χ1v) is 6.86. The molecule has 20 heavy (non-hydrogen) atoms. The molecule has 0 aliphatic heterocycles. The maximum Gasteiger partial charge on any atom is 0.805 e. The van der Waals surface area contributed by atoms with Gasteiger partial charge in [-0.05, 0) is 24.3 Å². The molecule has 0 aromatic heterocycles. The normalized spacial score (nSPS) is 10.8. The van der Waals surface area contributed by atoms with Crippen molar-refractivity contribution in [1.82, 2.24) is 0 Å². The predicted octanol–water partition coefficient (Wildman–Crippen LogP) is 4.36. The number of hydrogen-bond donors (Lipinski definition) is 0. The van der Waals surface area contributed by atoms with Crippen molar-refractivity contribution in [1.29, 1.82) is 0 Å². The molecule has 0 aliphatic rings. The van der Waals surface area contributed by atoms with E-state index >= 15 is 0 Å². The minimum absolute atomic E-state index is 0.0837. The van der Waals surface area contributed by atoms with Gasteiger partial charge in [0, 0.05) is 16.7 Å². The predicted molar refractivity (Wildman–Crippen MR) is 73.4 cm³/mol. The number of nitro groups is 1. The molecular weight excluding hydrogens is 305 g/mol. The number of para-hydroxylation sites is 1. The van der Waals surface area contributed by atoms with Crippen molar-refractivity contribution < 1.29 is 18.5 Å². The standard InChI is InChI=1S/C12H8ClNO5P/c13-11-3-1-2-4-12(11)19-20(17)18-10-7-5-9(6-8-10)14(15)16/h1-8H/q+1. The second-order valence-electron chi connectivity index (χ2n) is 3.59. The Hall–Kier alpha value is -2.17. The van der Waals surface area contributed by atoms with Crippen molar-refractivity contribution in [3.05, 3.63) is 63.7 Å². The summed E-state index contributed by atoms with van der Waals surface area (Å²) in [6, 6.07) is 11.7. The summed E-state index contributed by atoms with van der Waals surface area (Å²) in [6.45, 7) is 0. The van der Waals surface area contributed by atoms with Crippen LogP contribution in [0.4, 0.5) is 5.69 Å². The van der Waals surface area contributed by atoms with E-state index in [0.29, 0.717) is 5.02 Å². The zero-order valence-electron chi connectivity index (χ0n) is 9.93. The van der Waals surface area contributed by atoms with Gasteiger partial charge in [0.2, 0.25) is 5.75 Å². The summed E-state index contributed by atoms with van der Waals surface area (Å²) in [4.78, 5) is 9.94. The SMILES string of the molecule is O=[N+]([O-])c1ccc(O[P+](=O)Oc2ccccc2Cl)cc1. The maximum absolute atomic E-state index is 11.7. The van der Waals surface area contributed by atoms with E-state index in [1.165, 1.54) is 24.3 Å². The summed E-state index contributed by atoms with van der Waals surface area (Å²) in [5.41, 5.74) is -0.0837. The summed E-state index contributed by atoms with van der Waals surface area (Å²) >= 11 is 5.84. The van der Waals surface area contributed by atoms with Crippen molar-refractivity contribution in [2.24, 2.45) is 0 Å². The van der Waals surface area contributed by atoms with E-state index in [4.69, 9.17) is 20.6 Å². The molecule has 0 aliphatic carbocycles. The van der Waals surface area contributed by atoms with Gasteiger partial charge in [0.1, 0.15) is 0 Å². The second-order valence-corrected chi connectivity index (χ2v) is 4.81. The van der Waals surface area contributed by atoms with Crippen LogP contribution < -0.4 is 9.05 Å². The van der Waals surface area contributed by atoms with Crippen molar-refractivity contribution in [2.75, 3.05) is 0 Å². The lowest BCUT2D eigenvalue weighted by molar-refractivity contribution is -0.384. The summed E-state index contributed by atoms with van der Waals surface area (Å²) < 4.78 is 21.7. The molecule has 8 heteroatoms. The van der Waals surface area contributed by atoms with E-state index in [1.54, 1.807) is 24.3 Å². The Labute approximate surface area is 120 Å². The van der Waals surface area contributed by atoms with E-state index in [2.05, 4.69) is 0 Å². The quantitative estimate of drug-likeness (QED) is 0.465. The molecular formula is C12H8ClNO5P+. The fourth-order valence-corrected chi connectivity index (χ4v) is 2.21. The number of non-ortho nitro benzene ring substituents is 1. The van der Waals surface area contributed by atoms with E-state index in [9.17, 15) is 14.7 Å². The lowest BCUT2D eigenvalue weighted by Crippen LogP contribution is -1.91. The third-order valence-corrected chi connectivity index (χ3v) is 3.25. The average molecular weight is 313 g/mol. The monoisotopic (exact) mass is 312 g/mol. The van der Waals surface area contributed by atoms with Crippen molar-refractivity contribution >= 4 is 25.5 Å². The molecule has 0 spiro atoms. The Morgan fingerprint density at radius 1 is 1.05 bits per heavy atom. The fourth-order valence-electron chi connectivity index (χ4n) is 1.33. The molecule has 2 aromatic carbocycles. The zero-order valence-corrected chi connectivity index (χ0v) is 11.6. The van der Waals surface area contributed by atoms with Crippen LogP contribution in [0.2, 0.25) is 5.02 Å². The van der Waals surface area contributed by atoms with Crippen LogP contribution in [0, 0.1) is 10.1 Å². The van der Waals surface area contributed by atoms with E-state index in [1.807, 2.05) is 0 Å². The maximum atomic E-state index is 11.7. The van der Waals surface area contributed by atoms with Crippen LogP contribution in [0.3, 0.4) is 0 Å². The van der Waals surface area contributed by atoms with Gasteiger partial charge < -0.3 is 0 Å². The number of rotatable bonds is 5. The van der Waals surface area contributed by atoms with Gasteiger partial charge in [-0.3, -0.25) is 10.1 Å². The van der Waals surface area contributed by atoms with Gasteiger partial charge in [0.15, 0.2) is 5.75 Å². The van der Waals surface area contributed by atoms with E-state index in [-0.39, 0.29) is 17.2 Å². The highest BCUT2D eigenvalue weighted by Gasteiger charge is 2.25. The van der Waals surface area contributed by atoms with Crippen LogP contribution in [0.15, 0.2) is 48.5 Å². The lowest BCUT2D eigenvalue weighted by atomic mass is 10.3. The van der Waals surface area contributed by atoms with Crippen LogP contribution >= 0.6 is 19.9 Å². The highest BCUT2D eigenvalue weighted by Crippen LogP contribution is 2.34. The number of hydrogen-bond acceptors (Lipinski definition) is 5. The molecule has 0 radical (unpaired) electrons. The number of nitro benzene ring substituents is 1. The van der Waals surface area contributed by atoms with Gasteiger partial charge in [-0.15, -0.1) is 0 Å². The molecule has 1 atom stereocenters. The summed E-state index contributed by atoms with van der Waals surface area (Å²) in [6.07, 6.45) is 0. The first kappa shape index (κ1) is 14.2. The molecule has 0 bridgehead atoms. The molecule has 1 unspecified atom stereocenters. The Morgan fingerprint density at radius 3 is 2.30 bits per heavy atom. The van der Waals surface area contributed by atoms with Gasteiger partial charge in [-0.2, -0.15) is 0 Å². The fraction of sp³-hybridized carbons (Fsp3) is 0. The van der Waals surface area contributed by atoms with Gasteiger partial charge in [-0.25, -0.2) is 9.05 Å². The van der Waals surface area contributed by atoms with Crippen molar-refractivity contribution in [3.8, 4) is 11.5 Å². The molecule has 0 fully saturated rings. The minimum atomic E-state index is -2.48. The minimum Gasteiger partial charge on any atom is -0.258 e. The van der Waals surface area contributed by atoms with Gasteiger partial charge in [0.25, 0.3) is 5.69 Å². The summed E-state index contributed by atoms with van der Waals surface area (Å²) in [5, 5.41) is 10.8. The molecule has 2 aromatic rings. The van der Waals surface area contributed by atoms with Gasteiger partial charge in [0.05, 0.1) is 9.95 Å². The van der Waals surface area contributed by atoms with Crippen LogP contribution in [0.25, 0.3) is 0 Å². The van der Waals surface area contributed by atoms with Gasteiger partial charge >= 0.3 is 8.25 Å². The third kappa shape index (κ3) is 3.66. The Kier molecular flexibility index (Phi) is 4.50. The summed E-state index contributed by atoms with van der Waals surface area (Å²) in [5.74, 6) is 0.431. The van der Waals surface area contributed by atoms with Crippen molar-refractivity contribution in [3.63, 3.8) is 0 Å². The molecule has 102 valence electrons. The Balaban J connectivity index is 2.01. The molecule has 0 N–H and O–H groups in total. The topological polar surface area (TPSA) is 78.7 Å². The number of benzene rings is 2. The summed E-state index contributed by atoms with van der Waals surface area (Å²) in [7, 11) is -2.48. The number of halogens is 1. The average Bonchev–Trinajstić information content (AvgIpc) is 2.42. The zero-order chi connectivity index (χ0) is 14.5. The van der Waals surface area contributed by atoms with E-state index in [0.717, 1.165) is 0 Å².